The van der Waals surface area contributed by atoms with Crippen LogP contribution in [0.4, 0.5) is 5.69 Å². The maximum Gasteiger partial charge on any atom is 0.271 e. The molecule has 7 heteroatoms. The number of ether oxygens (including phenoxy) is 1. The Bertz CT molecular complexity index is 1560. The molecule has 0 saturated heterocycles. The van der Waals surface area contributed by atoms with Gasteiger partial charge < -0.3 is 20.9 Å². The molecule has 1 aliphatic carbocycles. The molecule has 4 aromatic rings. The lowest BCUT2D eigenvalue weighted by Crippen LogP contribution is -2.60. The number of carbonyl (C=O) groups is 2. The molecule has 0 fully saturated rings. The fourth-order valence-corrected chi connectivity index (χ4v) is 5.08. The monoisotopic (exact) mass is 451 g/mol. The van der Waals surface area contributed by atoms with Crippen molar-refractivity contribution in [1.82, 2.24) is 10.3 Å². The molecular weight excluding hydrogens is 430 g/mol. The summed E-state index contributed by atoms with van der Waals surface area (Å²) in [4.78, 5) is 31.9. The van der Waals surface area contributed by atoms with Crippen LogP contribution in [-0.4, -0.2) is 21.8 Å². The number of nitrogens with two attached hydrogens (primary N) is 1. The molecule has 34 heavy (non-hydrogen) atoms. The number of Topliss-reactive ketones (excluding diaryl/α,β-unsaturated/α-hetero) is 1. The first kappa shape index (κ1) is 20.4. The minimum Gasteiger partial charge on any atom is -0.454 e. The van der Waals surface area contributed by atoms with Gasteiger partial charge in [0.25, 0.3) is 11.7 Å². The lowest BCUT2D eigenvalue weighted by atomic mass is 9.81. The van der Waals surface area contributed by atoms with E-state index in [2.05, 4.69) is 10.3 Å². The SMILES string of the molecule is Cc1cc2c(cc1C)C1(NC(=O)c3ccc4ncccc4c3)C(=O)c3c(N)cccc3C1(O)O2. The summed E-state index contributed by atoms with van der Waals surface area (Å²) in [6, 6.07) is 17.1. The first-order valence-electron chi connectivity index (χ1n) is 10.9. The number of pyridine rings is 1. The minimum absolute atomic E-state index is 0.150. The molecule has 1 aliphatic heterocycles. The highest BCUT2D eigenvalue weighted by molar-refractivity contribution is 6.16. The Labute approximate surface area is 195 Å². The van der Waals surface area contributed by atoms with Crippen LogP contribution in [0.5, 0.6) is 5.75 Å². The summed E-state index contributed by atoms with van der Waals surface area (Å²) in [5.74, 6) is -2.85. The molecule has 2 atom stereocenters. The van der Waals surface area contributed by atoms with Gasteiger partial charge in [0.15, 0.2) is 0 Å². The average molecular weight is 451 g/mol. The van der Waals surface area contributed by atoms with Crippen molar-refractivity contribution < 1.29 is 19.4 Å². The Hall–Kier alpha value is -4.23. The molecule has 2 unspecified atom stereocenters. The predicted octanol–water partition coefficient (Wildman–Crippen LogP) is 3.49. The lowest BCUT2D eigenvalue weighted by molar-refractivity contribution is -0.169. The van der Waals surface area contributed by atoms with Crippen LogP contribution in [0.2, 0.25) is 0 Å². The van der Waals surface area contributed by atoms with Crippen molar-refractivity contribution in [3.63, 3.8) is 0 Å². The summed E-state index contributed by atoms with van der Waals surface area (Å²) >= 11 is 0. The second-order valence-electron chi connectivity index (χ2n) is 8.89. The highest BCUT2D eigenvalue weighted by Crippen LogP contribution is 2.59. The Balaban J connectivity index is 1.56. The Morgan fingerprint density at radius 3 is 2.65 bits per heavy atom. The second-order valence-corrected chi connectivity index (χ2v) is 8.89. The molecule has 6 rings (SSSR count). The van der Waals surface area contributed by atoms with Gasteiger partial charge in [-0.2, -0.15) is 0 Å². The Kier molecular flexibility index (Phi) is 3.99. The molecule has 7 nitrogen and oxygen atoms in total. The number of carbonyl (C=O) groups excluding carboxylic acids is 2. The lowest BCUT2D eigenvalue weighted by Gasteiger charge is -2.34. The van der Waals surface area contributed by atoms with Crippen molar-refractivity contribution in [3.8, 4) is 5.75 Å². The number of benzene rings is 3. The van der Waals surface area contributed by atoms with Gasteiger partial charge in [0.1, 0.15) is 5.75 Å². The molecule has 2 heterocycles. The number of aromatic nitrogens is 1. The smallest absolute Gasteiger partial charge is 0.271 e. The van der Waals surface area contributed by atoms with Crippen LogP contribution in [0.3, 0.4) is 0 Å². The van der Waals surface area contributed by atoms with Crippen molar-refractivity contribution in [2.24, 2.45) is 0 Å². The fraction of sp³-hybridized carbons (Fsp3) is 0.148. The molecule has 168 valence electrons. The molecule has 0 radical (unpaired) electrons. The number of hydrogen-bond acceptors (Lipinski definition) is 6. The maximum absolute atomic E-state index is 14.0. The van der Waals surface area contributed by atoms with E-state index in [4.69, 9.17) is 10.5 Å². The summed E-state index contributed by atoms with van der Waals surface area (Å²) in [6.45, 7) is 3.82. The molecule has 1 amide bonds. The summed E-state index contributed by atoms with van der Waals surface area (Å²) in [6.07, 6.45) is 1.68. The molecule has 0 spiro atoms. The number of aliphatic hydroxyl groups is 1. The van der Waals surface area contributed by atoms with Gasteiger partial charge in [-0.3, -0.25) is 14.6 Å². The molecule has 0 saturated carbocycles. The van der Waals surface area contributed by atoms with Crippen molar-refractivity contribution in [2.75, 3.05) is 5.73 Å². The van der Waals surface area contributed by atoms with E-state index in [1.165, 1.54) is 0 Å². The van der Waals surface area contributed by atoms with Crippen LogP contribution >= 0.6 is 0 Å². The number of fused-ring (bicyclic) bond motifs is 6. The van der Waals surface area contributed by atoms with Crippen LogP contribution in [0, 0.1) is 13.8 Å². The van der Waals surface area contributed by atoms with Crippen LogP contribution in [0.1, 0.15) is 43.0 Å². The second kappa shape index (κ2) is 6.65. The van der Waals surface area contributed by atoms with E-state index in [9.17, 15) is 14.7 Å². The molecule has 2 aliphatic rings. The van der Waals surface area contributed by atoms with E-state index < -0.39 is 23.0 Å². The number of ketones is 1. The Morgan fingerprint density at radius 2 is 1.82 bits per heavy atom. The summed E-state index contributed by atoms with van der Waals surface area (Å²) in [5.41, 5.74) is 8.15. The van der Waals surface area contributed by atoms with Crippen LogP contribution < -0.4 is 15.8 Å². The highest BCUT2D eigenvalue weighted by Gasteiger charge is 2.72. The molecule has 4 N–H and O–H groups in total. The maximum atomic E-state index is 14.0. The molecule has 0 bridgehead atoms. The van der Waals surface area contributed by atoms with Crippen LogP contribution in [0.15, 0.2) is 66.9 Å². The third kappa shape index (κ3) is 2.42. The summed E-state index contributed by atoms with van der Waals surface area (Å²) < 4.78 is 6.07. The molecule has 3 aromatic carbocycles. The molecular formula is C27H21N3O4. The van der Waals surface area contributed by atoms with Gasteiger partial charge in [-0.25, -0.2) is 0 Å². The fourth-order valence-electron chi connectivity index (χ4n) is 5.08. The minimum atomic E-state index is -2.15. The van der Waals surface area contributed by atoms with Gasteiger partial charge in [0.05, 0.1) is 11.1 Å². The standard InChI is InChI=1S/C27H21N3O4/c1-14-11-19-22(12-15(14)2)34-27(33)18-6-3-7-20(28)23(18)24(31)26(19,27)30-25(32)17-8-9-21-16(13-17)5-4-10-29-21/h3-13,33H,28H2,1-2H3,(H,30,32). The largest absolute Gasteiger partial charge is 0.454 e. The zero-order chi connectivity index (χ0) is 23.8. The van der Waals surface area contributed by atoms with Gasteiger partial charge in [-0.05, 0) is 67.4 Å². The van der Waals surface area contributed by atoms with E-state index in [1.54, 1.807) is 60.8 Å². The Morgan fingerprint density at radius 1 is 1.03 bits per heavy atom. The summed E-state index contributed by atoms with van der Waals surface area (Å²) in [5, 5.41) is 15.6. The average Bonchev–Trinajstić information content (AvgIpc) is 3.17. The van der Waals surface area contributed by atoms with E-state index in [0.29, 0.717) is 16.9 Å². The van der Waals surface area contributed by atoms with Crippen LogP contribution in [0.25, 0.3) is 10.9 Å². The first-order chi connectivity index (χ1) is 16.3. The van der Waals surface area contributed by atoms with Gasteiger partial charge in [-0.1, -0.05) is 18.2 Å². The number of hydrogen-bond donors (Lipinski definition) is 3. The number of nitrogen functional groups attached to an aromatic ring is 1. The van der Waals surface area contributed by atoms with Gasteiger partial charge in [0, 0.05) is 34.0 Å². The third-order valence-electron chi connectivity index (χ3n) is 6.96. The quantitative estimate of drug-likeness (QED) is 0.402. The van der Waals surface area contributed by atoms with Gasteiger partial charge >= 0.3 is 0 Å². The number of aryl methyl sites for hydroxylation is 2. The molecule has 1 aromatic heterocycles. The number of anilines is 1. The number of nitrogens with zero attached hydrogens (tertiary/aromatic N) is 1. The zero-order valence-electron chi connectivity index (χ0n) is 18.5. The van der Waals surface area contributed by atoms with Crippen molar-refractivity contribution in [2.45, 2.75) is 25.2 Å². The normalized spacial score (nSPS) is 22.1. The zero-order valence-corrected chi connectivity index (χ0v) is 18.5. The van der Waals surface area contributed by atoms with Gasteiger partial charge in [0.2, 0.25) is 11.3 Å². The van der Waals surface area contributed by atoms with E-state index in [-0.39, 0.29) is 16.8 Å². The summed E-state index contributed by atoms with van der Waals surface area (Å²) in [7, 11) is 0. The van der Waals surface area contributed by atoms with E-state index in [1.807, 2.05) is 19.9 Å². The van der Waals surface area contributed by atoms with E-state index >= 15 is 0 Å². The predicted molar refractivity (Wildman–Crippen MR) is 127 cm³/mol. The topological polar surface area (TPSA) is 115 Å². The van der Waals surface area contributed by atoms with Crippen molar-refractivity contribution >= 4 is 28.3 Å². The van der Waals surface area contributed by atoms with E-state index in [0.717, 1.165) is 22.0 Å². The highest BCUT2D eigenvalue weighted by atomic mass is 16.6. The van der Waals surface area contributed by atoms with Gasteiger partial charge in [-0.15, -0.1) is 0 Å². The third-order valence-corrected chi connectivity index (χ3v) is 6.96. The first-order valence-corrected chi connectivity index (χ1v) is 10.9. The van der Waals surface area contributed by atoms with Crippen LogP contribution in [-0.2, 0) is 11.3 Å². The number of rotatable bonds is 2. The van der Waals surface area contributed by atoms with Crippen molar-refractivity contribution in [3.05, 3.63) is 100 Å². The number of nitrogens with one attached hydrogen (secondary N) is 1. The van der Waals surface area contributed by atoms with Crippen molar-refractivity contribution in [1.29, 1.82) is 0 Å². The number of amides is 1.